The van der Waals surface area contributed by atoms with Gasteiger partial charge in [0.25, 0.3) is 0 Å². The monoisotopic (exact) mass is 255 g/mol. The summed E-state index contributed by atoms with van der Waals surface area (Å²) in [6.07, 6.45) is 5.45. The zero-order valence-electron chi connectivity index (χ0n) is 11.6. The van der Waals surface area contributed by atoms with Crippen LogP contribution in [0.25, 0.3) is 0 Å². The van der Waals surface area contributed by atoms with Crippen molar-refractivity contribution in [1.29, 1.82) is 0 Å². The lowest BCUT2D eigenvalue weighted by Gasteiger charge is -2.29. The van der Waals surface area contributed by atoms with Crippen molar-refractivity contribution in [3.63, 3.8) is 0 Å². The van der Waals surface area contributed by atoms with Crippen LogP contribution in [0.4, 0.5) is 0 Å². The fourth-order valence-corrected chi connectivity index (χ4v) is 2.32. The van der Waals surface area contributed by atoms with Gasteiger partial charge < -0.3 is 16.2 Å². The second-order valence-corrected chi connectivity index (χ2v) is 5.93. The lowest BCUT2D eigenvalue weighted by atomic mass is 9.84. The number of carbonyl (C=O) groups excluding carboxylic acids is 1. The number of guanidine groups is 1. The molecule has 0 aromatic carbocycles. The molecule has 1 atom stereocenters. The minimum absolute atomic E-state index is 0.0450. The number of ether oxygens (including phenoxy) is 1. The smallest absolute Gasteiger partial charge is 0.331 e. The molecule has 0 aromatic heterocycles. The van der Waals surface area contributed by atoms with E-state index in [2.05, 4.69) is 4.99 Å². The van der Waals surface area contributed by atoms with Crippen molar-refractivity contribution < 1.29 is 9.53 Å². The van der Waals surface area contributed by atoms with Crippen molar-refractivity contribution >= 4 is 11.9 Å². The number of nitrogens with zero attached hydrogens (tertiary/aromatic N) is 1. The summed E-state index contributed by atoms with van der Waals surface area (Å²) < 4.78 is 5.40. The van der Waals surface area contributed by atoms with E-state index >= 15 is 0 Å². The number of nitrogens with two attached hydrogens (primary N) is 2. The minimum atomic E-state index is -0.547. The molecule has 1 rings (SSSR count). The summed E-state index contributed by atoms with van der Waals surface area (Å²) in [5, 5.41) is 0. The lowest BCUT2D eigenvalue weighted by molar-refractivity contribution is -0.158. The van der Waals surface area contributed by atoms with Crippen molar-refractivity contribution in [2.24, 2.45) is 22.4 Å². The van der Waals surface area contributed by atoms with E-state index in [1.807, 2.05) is 20.8 Å². The third-order valence-electron chi connectivity index (χ3n) is 3.03. The average Bonchev–Trinajstić information content (AvgIpc) is 2.24. The number of aliphatic imine (C=N–C) groups is 1. The van der Waals surface area contributed by atoms with Gasteiger partial charge in [-0.2, -0.15) is 0 Å². The molecule has 5 nitrogen and oxygen atoms in total. The number of hydrogen-bond donors (Lipinski definition) is 2. The topological polar surface area (TPSA) is 90.7 Å². The quantitative estimate of drug-likeness (QED) is 0.455. The Kier molecular flexibility index (Phi) is 4.99. The van der Waals surface area contributed by atoms with Crippen LogP contribution in [0.3, 0.4) is 0 Å². The van der Waals surface area contributed by atoms with Gasteiger partial charge in [-0.15, -0.1) is 0 Å². The summed E-state index contributed by atoms with van der Waals surface area (Å²) in [7, 11) is 0. The maximum Gasteiger partial charge on any atom is 0.331 e. The first-order valence-electron chi connectivity index (χ1n) is 6.61. The predicted molar refractivity (Wildman–Crippen MR) is 72.0 cm³/mol. The fourth-order valence-electron chi connectivity index (χ4n) is 2.32. The number of hydrogen-bond acceptors (Lipinski definition) is 3. The first kappa shape index (κ1) is 14.8. The maximum atomic E-state index is 12.2. The average molecular weight is 255 g/mol. The van der Waals surface area contributed by atoms with Gasteiger partial charge in [-0.25, -0.2) is 9.79 Å². The van der Waals surface area contributed by atoms with E-state index in [9.17, 15) is 4.79 Å². The zero-order chi connectivity index (χ0) is 13.8. The Balaban J connectivity index is 2.77. The summed E-state index contributed by atoms with van der Waals surface area (Å²) in [4.78, 5) is 16.2. The third-order valence-corrected chi connectivity index (χ3v) is 3.03. The molecule has 4 N–H and O–H groups in total. The molecular weight excluding hydrogens is 230 g/mol. The Morgan fingerprint density at radius 1 is 1.22 bits per heavy atom. The first-order chi connectivity index (χ1) is 8.29. The van der Waals surface area contributed by atoms with Crippen molar-refractivity contribution in [2.45, 2.75) is 64.5 Å². The summed E-state index contributed by atoms with van der Waals surface area (Å²) in [6.45, 7) is 5.54. The lowest BCUT2D eigenvalue weighted by Crippen LogP contribution is -2.38. The molecule has 18 heavy (non-hydrogen) atoms. The highest BCUT2D eigenvalue weighted by molar-refractivity contribution is 5.83. The van der Waals surface area contributed by atoms with E-state index in [-0.39, 0.29) is 17.8 Å². The van der Waals surface area contributed by atoms with Gasteiger partial charge in [0, 0.05) is 0 Å². The van der Waals surface area contributed by atoms with Gasteiger partial charge in [-0.05, 0) is 39.5 Å². The Morgan fingerprint density at radius 3 is 2.22 bits per heavy atom. The van der Waals surface area contributed by atoms with Crippen LogP contribution in [0.1, 0.15) is 52.9 Å². The molecule has 0 aliphatic heterocycles. The number of esters is 1. The Labute approximate surface area is 109 Å². The summed E-state index contributed by atoms with van der Waals surface area (Å²) in [6, 6.07) is -0.547. The number of carbonyl (C=O) groups is 1. The van der Waals surface area contributed by atoms with Crippen LogP contribution in [-0.4, -0.2) is 23.6 Å². The van der Waals surface area contributed by atoms with E-state index in [1.54, 1.807) is 0 Å². The SMILES string of the molecule is CC(C)(C)OC(=O)C(N=C(N)N)C1CCCCC1. The molecule has 5 heteroatoms. The maximum absolute atomic E-state index is 12.2. The molecule has 0 aromatic rings. The van der Waals surface area contributed by atoms with E-state index < -0.39 is 11.6 Å². The van der Waals surface area contributed by atoms with E-state index in [0.29, 0.717) is 0 Å². The highest BCUT2D eigenvalue weighted by atomic mass is 16.6. The molecule has 0 saturated heterocycles. The summed E-state index contributed by atoms with van der Waals surface area (Å²) in [5.74, 6) is -0.157. The van der Waals surface area contributed by atoms with Crippen LogP contribution in [0, 0.1) is 5.92 Å². The van der Waals surface area contributed by atoms with E-state index in [1.165, 1.54) is 6.42 Å². The molecule has 0 radical (unpaired) electrons. The van der Waals surface area contributed by atoms with Gasteiger partial charge >= 0.3 is 5.97 Å². The van der Waals surface area contributed by atoms with Crippen molar-refractivity contribution in [2.75, 3.05) is 0 Å². The van der Waals surface area contributed by atoms with E-state index in [0.717, 1.165) is 25.7 Å². The molecule has 0 heterocycles. The standard InChI is InChI=1S/C13H25N3O2/c1-13(2,3)18-11(17)10(16-12(14)15)9-7-5-4-6-8-9/h9-10H,4-8H2,1-3H3,(H4,14,15,16). The Bertz CT molecular complexity index is 311. The summed E-state index contributed by atoms with van der Waals surface area (Å²) in [5.41, 5.74) is 10.3. The molecule has 1 fully saturated rings. The van der Waals surface area contributed by atoms with Gasteiger partial charge in [0.1, 0.15) is 5.60 Å². The molecule has 0 spiro atoms. The summed E-state index contributed by atoms with van der Waals surface area (Å²) >= 11 is 0. The molecule has 1 aliphatic carbocycles. The molecule has 0 amide bonds. The molecule has 1 aliphatic rings. The largest absolute Gasteiger partial charge is 0.458 e. The highest BCUT2D eigenvalue weighted by Gasteiger charge is 2.32. The van der Waals surface area contributed by atoms with Crippen molar-refractivity contribution in [3.05, 3.63) is 0 Å². The second-order valence-electron chi connectivity index (χ2n) is 5.93. The fraction of sp³-hybridized carbons (Fsp3) is 0.846. The first-order valence-corrected chi connectivity index (χ1v) is 6.61. The van der Waals surface area contributed by atoms with Gasteiger partial charge in [-0.1, -0.05) is 19.3 Å². The van der Waals surface area contributed by atoms with Crippen molar-refractivity contribution in [3.8, 4) is 0 Å². The van der Waals surface area contributed by atoms with Gasteiger partial charge in [-0.3, -0.25) is 0 Å². The van der Waals surface area contributed by atoms with Crippen LogP contribution >= 0.6 is 0 Å². The molecule has 1 unspecified atom stereocenters. The second kappa shape index (κ2) is 6.07. The predicted octanol–water partition coefficient (Wildman–Crippen LogP) is 1.55. The zero-order valence-corrected chi connectivity index (χ0v) is 11.6. The molecule has 104 valence electrons. The number of rotatable bonds is 3. The Hall–Kier alpha value is -1.26. The van der Waals surface area contributed by atoms with Crippen molar-refractivity contribution in [1.82, 2.24) is 0 Å². The van der Waals surface area contributed by atoms with Gasteiger partial charge in [0.05, 0.1) is 0 Å². The van der Waals surface area contributed by atoms with E-state index in [4.69, 9.17) is 16.2 Å². The van der Waals surface area contributed by atoms with Crippen LogP contribution in [0.5, 0.6) is 0 Å². The van der Waals surface area contributed by atoms with Gasteiger partial charge in [0.15, 0.2) is 12.0 Å². The minimum Gasteiger partial charge on any atom is -0.458 e. The van der Waals surface area contributed by atoms with Crippen LogP contribution in [0.2, 0.25) is 0 Å². The normalized spacial score (nSPS) is 19.1. The highest BCUT2D eigenvalue weighted by Crippen LogP contribution is 2.29. The van der Waals surface area contributed by atoms with Gasteiger partial charge in [0.2, 0.25) is 0 Å². The molecular formula is C13H25N3O2. The molecule has 0 bridgehead atoms. The van der Waals surface area contributed by atoms with Crippen LogP contribution in [0.15, 0.2) is 4.99 Å². The van der Waals surface area contributed by atoms with Crippen LogP contribution in [-0.2, 0) is 9.53 Å². The third kappa shape index (κ3) is 4.94. The molecule has 1 saturated carbocycles. The Morgan fingerprint density at radius 2 is 1.78 bits per heavy atom. The van der Waals surface area contributed by atoms with Crippen LogP contribution < -0.4 is 11.5 Å².